The fourth-order valence-corrected chi connectivity index (χ4v) is 2.26. The third-order valence-electron chi connectivity index (χ3n) is 3.92. The van der Waals surface area contributed by atoms with E-state index in [9.17, 15) is 4.79 Å². The van der Waals surface area contributed by atoms with E-state index in [2.05, 4.69) is 17.1 Å². The minimum absolute atomic E-state index is 0.0333. The molecule has 2 fully saturated rings. The van der Waals surface area contributed by atoms with Gasteiger partial charge in [-0.05, 0) is 25.7 Å². The van der Waals surface area contributed by atoms with Gasteiger partial charge < -0.3 is 16.0 Å². The molecule has 92 valence electrons. The molecule has 4 heteroatoms. The van der Waals surface area contributed by atoms with Crippen LogP contribution in [0.4, 0.5) is 0 Å². The average molecular weight is 225 g/mol. The topological polar surface area (TPSA) is 58.4 Å². The molecule has 0 radical (unpaired) electrons. The van der Waals surface area contributed by atoms with Gasteiger partial charge >= 0.3 is 0 Å². The van der Waals surface area contributed by atoms with Crippen molar-refractivity contribution in [3.63, 3.8) is 0 Å². The number of nitrogens with one attached hydrogen (secondary N) is 1. The van der Waals surface area contributed by atoms with E-state index in [1.54, 1.807) is 0 Å². The minimum Gasteiger partial charge on any atom is -0.353 e. The number of likely N-dealkylation sites (tertiary alicyclic amines) is 1. The lowest BCUT2D eigenvalue weighted by atomic mass is 10.0. The molecular formula is C12H23N3O. The van der Waals surface area contributed by atoms with E-state index in [1.807, 2.05) is 0 Å². The van der Waals surface area contributed by atoms with Crippen LogP contribution in [-0.2, 0) is 4.79 Å². The molecule has 1 heterocycles. The maximum Gasteiger partial charge on any atom is 0.226 e. The molecule has 1 saturated carbocycles. The Labute approximate surface area is 97.6 Å². The van der Waals surface area contributed by atoms with Gasteiger partial charge in [-0.3, -0.25) is 4.79 Å². The van der Waals surface area contributed by atoms with Crippen LogP contribution in [0.1, 0.15) is 32.6 Å². The van der Waals surface area contributed by atoms with Gasteiger partial charge in [0.15, 0.2) is 0 Å². The summed E-state index contributed by atoms with van der Waals surface area (Å²) in [5, 5.41) is 3.19. The van der Waals surface area contributed by atoms with E-state index in [1.165, 1.54) is 0 Å². The lowest BCUT2D eigenvalue weighted by molar-refractivity contribution is -0.126. The standard InChI is InChI=1S/C12H23N3O/c1-12(4-5-12)11(16)14-10-2-7-15(8-3-10)9-6-13/h10H,2-9,13H2,1H3,(H,14,16). The van der Waals surface area contributed by atoms with E-state index in [4.69, 9.17) is 5.73 Å². The van der Waals surface area contributed by atoms with E-state index in [0.29, 0.717) is 6.04 Å². The molecule has 0 aromatic carbocycles. The maximum atomic E-state index is 11.9. The molecule has 0 aromatic heterocycles. The molecule has 1 saturated heterocycles. The van der Waals surface area contributed by atoms with E-state index < -0.39 is 0 Å². The van der Waals surface area contributed by atoms with Crippen molar-refractivity contribution >= 4 is 5.91 Å². The summed E-state index contributed by atoms with van der Waals surface area (Å²) in [4.78, 5) is 14.2. The molecule has 4 nitrogen and oxygen atoms in total. The molecule has 2 aliphatic rings. The van der Waals surface area contributed by atoms with Crippen molar-refractivity contribution in [1.82, 2.24) is 10.2 Å². The first kappa shape index (κ1) is 11.9. The Hall–Kier alpha value is -0.610. The number of hydrogen-bond acceptors (Lipinski definition) is 3. The highest BCUT2D eigenvalue weighted by Crippen LogP contribution is 2.45. The molecule has 1 aliphatic heterocycles. The highest BCUT2D eigenvalue weighted by atomic mass is 16.2. The number of amides is 1. The van der Waals surface area contributed by atoms with Gasteiger partial charge in [0.1, 0.15) is 0 Å². The van der Waals surface area contributed by atoms with E-state index in [-0.39, 0.29) is 11.3 Å². The molecule has 0 atom stereocenters. The Bertz CT molecular complexity index is 255. The number of carbonyl (C=O) groups is 1. The second-order valence-electron chi connectivity index (χ2n) is 5.44. The van der Waals surface area contributed by atoms with Crippen LogP contribution in [-0.4, -0.2) is 43.0 Å². The molecule has 0 aromatic rings. The second-order valence-corrected chi connectivity index (χ2v) is 5.44. The third-order valence-corrected chi connectivity index (χ3v) is 3.92. The summed E-state index contributed by atoms with van der Waals surface area (Å²) in [6.07, 6.45) is 4.26. The number of nitrogens with two attached hydrogens (primary N) is 1. The van der Waals surface area contributed by atoms with Gasteiger partial charge in [0.05, 0.1) is 0 Å². The summed E-state index contributed by atoms with van der Waals surface area (Å²) in [5.74, 6) is 0.268. The summed E-state index contributed by atoms with van der Waals surface area (Å²) in [7, 11) is 0. The molecule has 0 bridgehead atoms. The van der Waals surface area contributed by atoms with E-state index in [0.717, 1.165) is 51.9 Å². The monoisotopic (exact) mass is 225 g/mol. The smallest absolute Gasteiger partial charge is 0.226 e. The van der Waals surface area contributed by atoms with Crippen molar-refractivity contribution in [1.29, 1.82) is 0 Å². The fourth-order valence-electron chi connectivity index (χ4n) is 2.26. The normalized spacial score (nSPS) is 25.4. The van der Waals surface area contributed by atoms with Crippen molar-refractivity contribution in [2.24, 2.45) is 11.1 Å². The molecule has 0 spiro atoms. The van der Waals surface area contributed by atoms with Gasteiger partial charge in [0, 0.05) is 37.6 Å². The Balaban J connectivity index is 1.71. The van der Waals surface area contributed by atoms with Gasteiger partial charge in [-0.15, -0.1) is 0 Å². The predicted octanol–water partition coefficient (Wildman–Crippen LogP) is 0.326. The number of rotatable bonds is 4. The Morgan fingerprint density at radius 3 is 2.56 bits per heavy atom. The zero-order valence-electron chi connectivity index (χ0n) is 10.2. The van der Waals surface area contributed by atoms with Crippen molar-refractivity contribution < 1.29 is 4.79 Å². The predicted molar refractivity (Wildman–Crippen MR) is 64.0 cm³/mol. The molecule has 3 N–H and O–H groups in total. The van der Waals surface area contributed by atoms with Crippen LogP contribution in [0.2, 0.25) is 0 Å². The lowest BCUT2D eigenvalue weighted by Crippen LogP contribution is -2.47. The van der Waals surface area contributed by atoms with Crippen LogP contribution in [0.3, 0.4) is 0 Å². The summed E-state index contributed by atoms with van der Waals surface area (Å²) < 4.78 is 0. The fraction of sp³-hybridized carbons (Fsp3) is 0.917. The number of hydrogen-bond donors (Lipinski definition) is 2. The van der Waals surface area contributed by atoms with Gasteiger partial charge in [-0.1, -0.05) is 6.92 Å². The number of nitrogens with zero attached hydrogens (tertiary/aromatic N) is 1. The molecule has 16 heavy (non-hydrogen) atoms. The summed E-state index contributed by atoms with van der Waals surface area (Å²) in [6.45, 7) is 5.91. The third kappa shape index (κ3) is 2.74. The first-order chi connectivity index (χ1) is 7.64. The minimum atomic E-state index is -0.0333. The van der Waals surface area contributed by atoms with Crippen molar-refractivity contribution in [2.45, 2.75) is 38.6 Å². The SMILES string of the molecule is CC1(C(=O)NC2CCN(CCN)CC2)CC1. The zero-order chi connectivity index (χ0) is 11.6. The Morgan fingerprint density at radius 2 is 2.06 bits per heavy atom. The van der Waals surface area contributed by atoms with Crippen molar-refractivity contribution in [3.05, 3.63) is 0 Å². The van der Waals surface area contributed by atoms with Crippen LogP contribution in [0.15, 0.2) is 0 Å². The highest BCUT2D eigenvalue weighted by molar-refractivity contribution is 5.85. The van der Waals surface area contributed by atoms with Gasteiger partial charge in [-0.2, -0.15) is 0 Å². The van der Waals surface area contributed by atoms with Crippen LogP contribution >= 0.6 is 0 Å². The first-order valence-electron chi connectivity index (χ1n) is 6.37. The lowest BCUT2D eigenvalue weighted by Gasteiger charge is -2.32. The maximum absolute atomic E-state index is 11.9. The number of carbonyl (C=O) groups excluding carboxylic acids is 1. The molecule has 1 aliphatic carbocycles. The summed E-state index contributed by atoms with van der Waals surface area (Å²) in [5.41, 5.74) is 5.50. The van der Waals surface area contributed by atoms with Crippen molar-refractivity contribution in [2.75, 3.05) is 26.2 Å². The average Bonchev–Trinajstić information content (AvgIpc) is 3.01. The molecule has 0 unspecified atom stereocenters. The van der Waals surface area contributed by atoms with Crippen molar-refractivity contribution in [3.8, 4) is 0 Å². The Kier molecular flexibility index (Phi) is 3.50. The summed E-state index contributed by atoms with van der Waals surface area (Å²) >= 11 is 0. The zero-order valence-corrected chi connectivity index (χ0v) is 10.2. The van der Waals surface area contributed by atoms with Crippen LogP contribution in [0.25, 0.3) is 0 Å². The quantitative estimate of drug-likeness (QED) is 0.725. The highest BCUT2D eigenvalue weighted by Gasteiger charge is 2.45. The molecular weight excluding hydrogens is 202 g/mol. The largest absolute Gasteiger partial charge is 0.353 e. The first-order valence-corrected chi connectivity index (χ1v) is 6.37. The van der Waals surface area contributed by atoms with Gasteiger partial charge in [0.2, 0.25) is 5.91 Å². The molecule has 1 amide bonds. The van der Waals surface area contributed by atoms with Gasteiger partial charge in [0.25, 0.3) is 0 Å². The van der Waals surface area contributed by atoms with Gasteiger partial charge in [-0.25, -0.2) is 0 Å². The van der Waals surface area contributed by atoms with E-state index >= 15 is 0 Å². The van der Waals surface area contributed by atoms with Crippen LogP contribution < -0.4 is 11.1 Å². The molecule has 2 rings (SSSR count). The van der Waals surface area contributed by atoms with Crippen LogP contribution in [0, 0.1) is 5.41 Å². The Morgan fingerprint density at radius 1 is 1.44 bits per heavy atom. The number of piperidine rings is 1. The summed E-state index contributed by atoms with van der Waals surface area (Å²) in [6, 6.07) is 0.388. The van der Waals surface area contributed by atoms with Crippen LogP contribution in [0.5, 0.6) is 0 Å². The second kappa shape index (κ2) is 4.72.